The number of nitrogens with one attached hydrogen (secondary N) is 1. The van der Waals surface area contributed by atoms with Gasteiger partial charge >= 0.3 is 0 Å². The van der Waals surface area contributed by atoms with Crippen LogP contribution in [-0.4, -0.2) is 60.9 Å². The van der Waals surface area contributed by atoms with Crippen molar-refractivity contribution in [3.05, 3.63) is 42.5 Å². The zero-order valence-corrected chi connectivity index (χ0v) is 14.3. The first-order valence-electron chi connectivity index (χ1n) is 8.34. The van der Waals surface area contributed by atoms with Crippen molar-refractivity contribution < 1.29 is 0 Å². The van der Waals surface area contributed by atoms with Gasteiger partial charge in [-0.05, 0) is 18.7 Å². The first-order valence-corrected chi connectivity index (χ1v) is 8.34. The zero-order valence-electron chi connectivity index (χ0n) is 14.3. The van der Waals surface area contributed by atoms with Crippen LogP contribution < -0.4 is 20.8 Å². The van der Waals surface area contributed by atoms with E-state index in [0.29, 0.717) is 6.54 Å². The lowest BCUT2D eigenvalue weighted by Gasteiger charge is -2.33. The summed E-state index contributed by atoms with van der Waals surface area (Å²) >= 11 is 0. The van der Waals surface area contributed by atoms with Gasteiger partial charge in [0.15, 0.2) is 13.7 Å². The Hall–Kier alpha value is -2.61. The fraction of sp³-hybridized carbons (Fsp3) is 0.353. The minimum atomic E-state index is 0.254. The molecule has 0 saturated carbocycles. The largest absolute Gasteiger partial charge is 0.354 e. The van der Waals surface area contributed by atoms with Crippen molar-refractivity contribution in [3.63, 3.8) is 0 Å². The number of rotatable bonds is 3. The number of likely N-dealkylation sites (N-methyl/N-ethyl adjacent to an activating group) is 1. The van der Waals surface area contributed by atoms with Crippen molar-refractivity contribution in [2.75, 3.05) is 48.3 Å². The van der Waals surface area contributed by atoms with Gasteiger partial charge in [0.1, 0.15) is 17.3 Å². The third-order valence-corrected chi connectivity index (χ3v) is 4.62. The van der Waals surface area contributed by atoms with Crippen LogP contribution in [0.5, 0.6) is 0 Å². The van der Waals surface area contributed by atoms with Crippen LogP contribution in [0.1, 0.15) is 5.56 Å². The molecule has 2 aliphatic heterocycles. The van der Waals surface area contributed by atoms with Crippen molar-refractivity contribution in [1.82, 2.24) is 19.9 Å². The molecule has 25 heavy (non-hydrogen) atoms. The van der Waals surface area contributed by atoms with Gasteiger partial charge in [0, 0.05) is 32.4 Å². The van der Waals surface area contributed by atoms with E-state index in [-0.39, 0.29) is 5.72 Å². The summed E-state index contributed by atoms with van der Waals surface area (Å²) in [4.78, 5) is 19.6. The quantitative estimate of drug-likeness (QED) is 0.812. The maximum Gasteiger partial charge on any atom is 0.170 e. The monoisotopic (exact) mass is 333 g/mol. The smallest absolute Gasteiger partial charge is 0.170 e. The highest BCUT2D eigenvalue weighted by Gasteiger charge is 2.24. The van der Waals surface area contributed by atoms with Crippen molar-refractivity contribution in [1.29, 1.82) is 0 Å². The number of hydrogen-bond donors (Lipinski definition) is 1. The Morgan fingerprint density at radius 2 is 1.96 bits per heavy atom. The topological polar surface area (TPSA) is 60.4 Å². The SMILES string of the molecule is [B]c1ncc2c(n1)N(Cc1ccc(N3CCN(C)CC3)nc1)C(=C)N2. The molecule has 0 aliphatic carbocycles. The van der Waals surface area contributed by atoms with Crippen LogP contribution in [-0.2, 0) is 6.54 Å². The molecule has 1 fully saturated rings. The summed E-state index contributed by atoms with van der Waals surface area (Å²) in [5, 5.41) is 3.18. The van der Waals surface area contributed by atoms with E-state index in [4.69, 9.17) is 7.85 Å². The first kappa shape index (κ1) is 15.9. The summed E-state index contributed by atoms with van der Waals surface area (Å²) in [6, 6.07) is 4.19. The molecular formula is C17H20BN7. The van der Waals surface area contributed by atoms with Gasteiger partial charge < -0.3 is 20.0 Å². The Labute approximate surface area is 148 Å². The highest BCUT2D eigenvalue weighted by molar-refractivity contribution is 6.29. The molecule has 0 bridgehead atoms. The molecule has 0 spiro atoms. The number of nitrogens with zero attached hydrogens (tertiary/aromatic N) is 6. The Balaban J connectivity index is 1.49. The Morgan fingerprint density at radius 1 is 1.16 bits per heavy atom. The minimum absolute atomic E-state index is 0.254. The van der Waals surface area contributed by atoms with Gasteiger partial charge in [0.25, 0.3) is 0 Å². The second kappa shape index (κ2) is 6.36. The van der Waals surface area contributed by atoms with E-state index in [9.17, 15) is 0 Å². The standard InChI is InChI=1S/C17H20BN7/c1-12-21-14-10-20-17(18)22-16(14)25(12)11-13-3-4-15(19-9-13)24-7-5-23(2)6-8-24/h3-4,9-10,21H,1,5-8,11H2,2H3. The van der Waals surface area contributed by atoms with E-state index in [1.54, 1.807) is 6.20 Å². The summed E-state index contributed by atoms with van der Waals surface area (Å²) in [5.41, 5.74) is 2.16. The average molecular weight is 333 g/mol. The van der Waals surface area contributed by atoms with Gasteiger partial charge in [-0.15, -0.1) is 0 Å². The minimum Gasteiger partial charge on any atom is -0.354 e. The van der Waals surface area contributed by atoms with E-state index in [0.717, 1.165) is 54.9 Å². The van der Waals surface area contributed by atoms with E-state index in [1.807, 2.05) is 11.1 Å². The molecule has 2 aromatic rings. The zero-order chi connectivity index (χ0) is 17.4. The average Bonchev–Trinajstić information content (AvgIpc) is 2.92. The van der Waals surface area contributed by atoms with Gasteiger partial charge in [0.2, 0.25) is 0 Å². The maximum atomic E-state index is 5.72. The molecule has 2 radical (unpaired) electrons. The van der Waals surface area contributed by atoms with Crippen LogP contribution in [0, 0.1) is 0 Å². The van der Waals surface area contributed by atoms with Crippen LogP contribution in [0.15, 0.2) is 36.9 Å². The maximum absolute atomic E-state index is 5.72. The molecule has 1 N–H and O–H groups in total. The van der Waals surface area contributed by atoms with Crippen LogP contribution in [0.4, 0.5) is 17.3 Å². The molecule has 0 atom stereocenters. The number of anilines is 3. The van der Waals surface area contributed by atoms with Crippen LogP contribution in [0.25, 0.3) is 0 Å². The van der Waals surface area contributed by atoms with E-state index >= 15 is 0 Å². The predicted molar refractivity (Wildman–Crippen MR) is 100 cm³/mol. The first-order chi connectivity index (χ1) is 12.1. The molecule has 0 aromatic carbocycles. The number of piperazine rings is 1. The highest BCUT2D eigenvalue weighted by Crippen LogP contribution is 2.33. The lowest BCUT2D eigenvalue weighted by Crippen LogP contribution is -2.44. The van der Waals surface area contributed by atoms with Crippen LogP contribution in [0.3, 0.4) is 0 Å². The van der Waals surface area contributed by atoms with Gasteiger partial charge in [-0.2, -0.15) is 0 Å². The molecular weight excluding hydrogens is 313 g/mol. The molecule has 4 rings (SSSR count). The fourth-order valence-corrected chi connectivity index (χ4v) is 3.12. The summed E-state index contributed by atoms with van der Waals surface area (Å²) in [6.45, 7) is 8.84. The third kappa shape index (κ3) is 3.17. The van der Waals surface area contributed by atoms with Gasteiger partial charge in [-0.1, -0.05) is 12.6 Å². The van der Waals surface area contributed by atoms with E-state index < -0.39 is 0 Å². The molecule has 4 heterocycles. The second-order valence-electron chi connectivity index (χ2n) is 6.44. The van der Waals surface area contributed by atoms with E-state index in [1.165, 1.54) is 0 Å². The summed E-state index contributed by atoms with van der Waals surface area (Å²) in [6.07, 6.45) is 3.60. The van der Waals surface area contributed by atoms with Crippen molar-refractivity contribution in [2.45, 2.75) is 6.54 Å². The molecule has 0 amide bonds. The Bertz CT molecular complexity index is 784. The summed E-state index contributed by atoms with van der Waals surface area (Å²) < 4.78 is 0. The van der Waals surface area contributed by atoms with Crippen molar-refractivity contribution >= 4 is 30.9 Å². The van der Waals surface area contributed by atoms with Gasteiger partial charge in [-0.25, -0.2) is 9.97 Å². The lowest BCUT2D eigenvalue weighted by atomic mass is 10.1. The van der Waals surface area contributed by atoms with Crippen molar-refractivity contribution in [2.24, 2.45) is 0 Å². The molecule has 2 aromatic heterocycles. The van der Waals surface area contributed by atoms with Gasteiger partial charge in [0.05, 0.1) is 18.5 Å². The molecule has 126 valence electrons. The number of aromatic nitrogens is 3. The normalized spacial score (nSPS) is 17.6. The lowest BCUT2D eigenvalue weighted by molar-refractivity contribution is 0.312. The number of pyridine rings is 1. The second-order valence-corrected chi connectivity index (χ2v) is 6.44. The number of hydrogen-bond acceptors (Lipinski definition) is 7. The van der Waals surface area contributed by atoms with Crippen LogP contribution >= 0.6 is 0 Å². The Morgan fingerprint density at radius 3 is 2.68 bits per heavy atom. The fourth-order valence-electron chi connectivity index (χ4n) is 3.12. The molecule has 0 unspecified atom stereocenters. The molecule has 8 heteroatoms. The van der Waals surface area contributed by atoms with Gasteiger partial charge in [-0.3, -0.25) is 4.98 Å². The molecule has 1 saturated heterocycles. The third-order valence-electron chi connectivity index (χ3n) is 4.62. The van der Waals surface area contributed by atoms with Crippen molar-refractivity contribution in [3.8, 4) is 0 Å². The highest BCUT2D eigenvalue weighted by atomic mass is 15.3. The van der Waals surface area contributed by atoms with Crippen LogP contribution in [0.2, 0.25) is 0 Å². The Kier molecular flexibility index (Phi) is 4.05. The predicted octanol–water partition coefficient (Wildman–Crippen LogP) is 0.320. The summed E-state index contributed by atoms with van der Waals surface area (Å²) in [7, 11) is 7.87. The summed E-state index contributed by atoms with van der Waals surface area (Å²) in [5.74, 6) is 2.54. The molecule has 2 aliphatic rings. The number of fused-ring (bicyclic) bond motifs is 1. The molecule has 7 nitrogen and oxygen atoms in total. The van der Waals surface area contributed by atoms with E-state index in [2.05, 4.69) is 55.8 Å².